The van der Waals surface area contributed by atoms with Crippen molar-refractivity contribution in [2.75, 3.05) is 17.7 Å². The van der Waals surface area contributed by atoms with Crippen molar-refractivity contribution >= 4 is 17.5 Å². The van der Waals surface area contributed by atoms with Crippen molar-refractivity contribution in [3.05, 3.63) is 60.8 Å². The maximum absolute atomic E-state index is 12.5. The van der Waals surface area contributed by atoms with Crippen molar-refractivity contribution in [3.63, 3.8) is 0 Å². The van der Waals surface area contributed by atoms with Crippen LogP contribution in [0.25, 0.3) is 11.3 Å². The van der Waals surface area contributed by atoms with E-state index in [1.54, 1.807) is 56.1 Å². The number of nitrogens with zero attached hydrogens (tertiary/aromatic N) is 4. The second kappa shape index (κ2) is 6.61. The van der Waals surface area contributed by atoms with Crippen molar-refractivity contribution in [1.82, 2.24) is 19.9 Å². The van der Waals surface area contributed by atoms with Gasteiger partial charge in [-0.3, -0.25) is 9.78 Å². The smallest absolute Gasteiger partial charge is 0.279 e. The standard InChI is InChI=1S/C16H14N6O/c1-17-15-14(16(23)22-13-6-2-3-8-19-13)21-12(10-20-15)11-5-4-7-18-9-11/h2-10H,1H3,(H,17,20)(H,19,22,23). The van der Waals surface area contributed by atoms with Crippen LogP contribution < -0.4 is 10.6 Å². The van der Waals surface area contributed by atoms with E-state index in [9.17, 15) is 4.79 Å². The summed E-state index contributed by atoms with van der Waals surface area (Å²) in [6, 6.07) is 8.93. The minimum atomic E-state index is -0.383. The summed E-state index contributed by atoms with van der Waals surface area (Å²) in [5.74, 6) is 0.463. The van der Waals surface area contributed by atoms with Crippen molar-refractivity contribution in [3.8, 4) is 11.3 Å². The molecule has 2 N–H and O–H groups in total. The molecule has 3 aromatic heterocycles. The van der Waals surface area contributed by atoms with E-state index in [1.807, 2.05) is 6.07 Å². The molecule has 0 saturated carbocycles. The predicted octanol–water partition coefficient (Wildman–Crippen LogP) is 2.23. The monoisotopic (exact) mass is 306 g/mol. The first kappa shape index (κ1) is 14.6. The maximum atomic E-state index is 12.5. The molecule has 3 rings (SSSR count). The molecule has 3 heterocycles. The Balaban J connectivity index is 1.95. The van der Waals surface area contributed by atoms with Gasteiger partial charge in [0.25, 0.3) is 5.91 Å². The number of anilines is 2. The number of carbonyl (C=O) groups is 1. The number of carbonyl (C=O) groups excluding carboxylic acids is 1. The van der Waals surface area contributed by atoms with Crippen LogP contribution in [-0.2, 0) is 0 Å². The van der Waals surface area contributed by atoms with Gasteiger partial charge in [-0.2, -0.15) is 0 Å². The summed E-state index contributed by atoms with van der Waals surface area (Å²) >= 11 is 0. The minimum Gasteiger partial charge on any atom is -0.371 e. The normalized spacial score (nSPS) is 10.1. The molecule has 0 aliphatic rings. The summed E-state index contributed by atoms with van der Waals surface area (Å²) in [6.45, 7) is 0. The van der Waals surface area contributed by atoms with E-state index in [4.69, 9.17) is 0 Å². The van der Waals surface area contributed by atoms with Gasteiger partial charge in [-0.15, -0.1) is 0 Å². The van der Waals surface area contributed by atoms with E-state index in [2.05, 4.69) is 30.6 Å². The van der Waals surface area contributed by atoms with Gasteiger partial charge in [0.1, 0.15) is 5.82 Å². The second-order valence-corrected chi connectivity index (χ2v) is 4.61. The molecule has 1 amide bonds. The Bertz CT molecular complexity index is 807. The first-order valence-electron chi connectivity index (χ1n) is 6.95. The Hall–Kier alpha value is -3.35. The van der Waals surface area contributed by atoms with Gasteiger partial charge in [0, 0.05) is 31.2 Å². The van der Waals surface area contributed by atoms with Crippen LogP contribution >= 0.6 is 0 Å². The van der Waals surface area contributed by atoms with E-state index < -0.39 is 0 Å². The van der Waals surface area contributed by atoms with Gasteiger partial charge >= 0.3 is 0 Å². The Morgan fingerprint density at radius 2 is 1.96 bits per heavy atom. The lowest BCUT2D eigenvalue weighted by Crippen LogP contribution is -2.17. The third kappa shape index (κ3) is 3.29. The van der Waals surface area contributed by atoms with Gasteiger partial charge in [-0.25, -0.2) is 15.0 Å². The molecule has 0 spiro atoms. The van der Waals surface area contributed by atoms with Crippen molar-refractivity contribution < 1.29 is 4.79 Å². The Kier molecular flexibility index (Phi) is 4.19. The maximum Gasteiger partial charge on any atom is 0.279 e. The molecule has 23 heavy (non-hydrogen) atoms. The second-order valence-electron chi connectivity index (χ2n) is 4.61. The van der Waals surface area contributed by atoms with Crippen molar-refractivity contribution in [1.29, 1.82) is 0 Å². The fraction of sp³-hybridized carbons (Fsp3) is 0.0625. The average Bonchev–Trinajstić information content (AvgIpc) is 2.62. The highest BCUT2D eigenvalue weighted by molar-refractivity contribution is 6.05. The first-order valence-corrected chi connectivity index (χ1v) is 6.95. The zero-order valence-electron chi connectivity index (χ0n) is 12.4. The molecular formula is C16H14N6O. The van der Waals surface area contributed by atoms with E-state index in [0.29, 0.717) is 17.3 Å². The molecule has 7 nitrogen and oxygen atoms in total. The summed E-state index contributed by atoms with van der Waals surface area (Å²) in [5.41, 5.74) is 1.55. The topological polar surface area (TPSA) is 92.7 Å². The molecule has 0 aliphatic heterocycles. The fourth-order valence-corrected chi connectivity index (χ4v) is 2.00. The van der Waals surface area contributed by atoms with E-state index in [-0.39, 0.29) is 11.6 Å². The van der Waals surface area contributed by atoms with Crippen LogP contribution in [-0.4, -0.2) is 32.9 Å². The Morgan fingerprint density at radius 3 is 2.65 bits per heavy atom. The fourth-order valence-electron chi connectivity index (χ4n) is 2.00. The van der Waals surface area contributed by atoms with Crippen LogP contribution in [0.2, 0.25) is 0 Å². The van der Waals surface area contributed by atoms with Gasteiger partial charge < -0.3 is 10.6 Å². The number of hydrogen-bond donors (Lipinski definition) is 2. The number of pyridine rings is 2. The summed E-state index contributed by atoms with van der Waals surface area (Å²) in [7, 11) is 1.69. The largest absolute Gasteiger partial charge is 0.371 e. The lowest BCUT2D eigenvalue weighted by Gasteiger charge is -2.09. The minimum absolute atomic E-state index is 0.194. The molecule has 7 heteroatoms. The molecule has 0 bridgehead atoms. The number of hydrogen-bond acceptors (Lipinski definition) is 6. The average molecular weight is 306 g/mol. The first-order chi connectivity index (χ1) is 11.3. The zero-order chi connectivity index (χ0) is 16.1. The van der Waals surface area contributed by atoms with Gasteiger partial charge in [0.05, 0.1) is 11.9 Å². The van der Waals surface area contributed by atoms with Crippen LogP contribution in [0.4, 0.5) is 11.6 Å². The number of amides is 1. The number of nitrogens with one attached hydrogen (secondary N) is 2. The lowest BCUT2D eigenvalue weighted by molar-refractivity contribution is 0.102. The molecule has 0 aromatic carbocycles. The number of rotatable bonds is 4. The van der Waals surface area contributed by atoms with Gasteiger partial charge in [-0.05, 0) is 24.3 Å². The Labute approximate surface area is 132 Å². The zero-order valence-corrected chi connectivity index (χ0v) is 12.4. The highest BCUT2D eigenvalue weighted by atomic mass is 16.2. The van der Waals surface area contributed by atoms with Gasteiger partial charge in [-0.1, -0.05) is 6.07 Å². The van der Waals surface area contributed by atoms with Crippen LogP contribution in [0.5, 0.6) is 0 Å². The van der Waals surface area contributed by atoms with Crippen LogP contribution in [0.3, 0.4) is 0 Å². The molecule has 0 aliphatic carbocycles. The summed E-state index contributed by atoms with van der Waals surface area (Å²) < 4.78 is 0. The number of aromatic nitrogens is 4. The van der Waals surface area contributed by atoms with Crippen LogP contribution in [0, 0.1) is 0 Å². The Morgan fingerprint density at radius 1 is 1.04 bits per heavy atom. The molecule has 0 saturated heterocycles. The molecule has 114 valence electrons. The van der Waals surface area contributed by atoms with Crippen molar-refractivity contribution in [2.24, 2.45) is 0 Å². The van der Waals surface area contributed by atoms with Crippen molar-refractivity contribution in [2.45, 2.75) is 0 Å². The molecule has 0 atom stereocenters. The van der Waals surface area contributed by atoms with Crippen LogP contribution in [0.15, 0.2) is 55.1 Å². The van der Waals surface area contributed by atoms with Crippen LogP contribution in [0.1, 0.15) is 10.5 Å². The summed E-state index contributed by atoms with van der Waals surface area (Å²) in [4.78, 5) is 29.2. The third-order valence-electron chi connectivity index (χ3n) is 3.09. The molecule has 0 radical (unpaired) electrons. The third-order valence-corrected chi connectivity index (χ3v) is 3.09. The highest BCUT2D eigenvalue weighted by Gasteiger charge is 2.16. The molecule has 0 unspecified atom stereocenters. The molecular weight excluding hydrogens is 292 g/mol. The van der Waals surface area contributed by atoms with E-state index >= 15 is 0 Å². The molecule has 0 fully saturated rings. The summed E-state index contributed by atoms with van der Waals surface area (Å²) in [5, 5.41) is 5.57. The molecule has 3 aromatic rings. The highest BCUT2D eigenvalue weighted by Crippen LogP contribution is 2.19. The summed E-state index contributed by atoms with van der Waals surface area (Å²) in [6.07, 6.45) is 6.55. The van der Waals surface area contributed by atoms with E-state index in [1.165, 1.54) is 0 Å². The predicted molar refractivity (Wildman–Crippen MR) is 87.0 cm³/mol. The van der Waals surface area contributed by atoms with E-state index in [0.717, 1.165) is 5.56 Å². The SMILES string of the molecule is CNc1ncc(-c2cccnc2)nc1C(=O)Nc1ccccn1. The lowest BCUT2D eigenvalue weighted by atomic mass is 10.2. The van der Waals surface area contributed by atoms with Gasteiger partial charge in [0.2, 0.25) is 0 Å². The van der Waals surface area contributed by atoms with Gasteiger partial charge in [0.15, 0.2) is 11.5 Å². The quantitative estimate of drug-likeness (QED) is 0.768.